The maximum Gasteiger partial charge on any atom is 0.257 e. The molecular weight excluding hydrogens is 262 g/mol. The molecule has 4 nitrogen and oxygen atoms in total. The van der Waals surface area contributed by atoms with Crippen molar-refractivity contribution in [3.63, 3.8) is 0 Å². The Labute approximate surface area is 122 Å². The van der Waals surface area contributed by atoms with E-state index in [9.17, 15) is 4.79 Å². The summed E-state index contributed by atoms with van der Waals surface area (Å²) in [5.41, 5.74) is 8.52. The minimum Gasteiger partial charge on any atom is -0.398 e. The largest absolute Gasteiger partial charge is 0.398 e. The number of rotatable bonds is 3. The van der Waals surface area contributed by atoms with Gasteiger partial charge in [0.05, 0.1) is 5.56 Å². The van der Waals surface area contributed by atoms with Crippen LogP contribution in [0.2, 0.25) is 0 Å². The maximum absolute atomic E-state index is 12.2. The van der Waals surface area contributed by atoms with Crippen LogP contribution in [0.25, 0.3) is 5.69 Å². The van der Waals surface area contributed by atoms with Crippen molar-refractivity contribution >= 4 is 17.3 Å². The van der Waals surface area contributed by atoms with Crippen LogP contribution in [0.4, 0.5) is 11.4 Å². The van der Waals surface area contributed by atoms with Gasteiger partial charge in [-0.3, -0.25) is 4.79 Å². The lowest BCUT2D eigenvalue weighted by Gasteiger charge is -2.08. The lowest BCUT2D eigenvalue weighted by molar-refractivity contribution is 0.102. The minimum absolute atomic E-state index is 0.207. The van der Waals surface area contributed by atoms with E-state index in [-0.39, 0.29) is 5.91 Å². The predicted molar refractivity (Wildman–Crippen MR) is 84.6 cm³/mol. The van der Waals surface area contributed by atoms with E-state index in [1.54, 1.807) is 24.3 Å². The standard InChI is InChI=1S/C17H15N3O/c18-16-6-2-1-5-15(16)17(21)19-13-7-9-14(10-8-13)20-11-3-4-12-20/h1-12H,18H2,(H,19,21). The first kappa shape index (κ1) is 13.0. The average molecular weight is 277 g/mol. The van der Waals surface area contributed by atoms with Crippen LogP contribution in [0, 0.1) is 0 Å². The Morgan fingerprint density at radius 2 is 1.57 bits per heavy atom. The summed E-state index contributed by atoms with van der Waals surface area (Å²) in [6.45, 7) is 0. The summed E-state index contributed by atoms with van der Waals surface area (Å²) >= 11 is 0. The minimum atomic E-state index is -0.207. The Morgan fingerprint density at radius 3 is 2.24 bits per heavy atom. The van der Waals surface area contributed by atoms with Crippen LogP contribution in [-0.4, -0.2) is 10.5 Å². The summed E-state index contributed by atoms with van der Waals surface area (Å²) < 4.78 is 2.00. The highest BCUT2D eigenvalue weighted by Gasteiger charge is 2.08. The molecule has 0 aliphatic rings. The predicted octanol–water partition coefficient (Wildman–Crippen LogP) is 3.31. The van der Waals surface area contributed by atoms with Gasteiger partial charge in [-0.15, -0.1) is 0 Å². The highest BCUT2D eigenvalue weighted by atomic mass is 16.1. The van der Waals surface area contributed by atoms with E-state index in [4.69, 9.17) is 5.73 Å². The molecule has 104 valence electrons. The van der Waals surface area contributed by atoms with Crippen molar-refractivity contribution in [3.05, 3.63) is 78.6 Å². The molecule has 4 heteroatoms. The molecule has 0 saturated heterocycles. The first-order valence-electron chi connectivity index (χ1n) is 6.63. The second kappa shape index (κ2) is 5.54. The van der Waals surface area contributed by atoms with Crippen molar-refractivity contribution in [1.29, 1.82) is 0 Å². The summed E-state index contributed by atoms with van der Waals surface area (Å²) in [4.78, 5) is 12.2. The Morgan fingerprint density at radius 1 is 0.905 bits per heavy atom. The fourth-order valence-electron chi connectivity index (χ4n) is 2.13. The summed E-state index contributed by atoms with van der Waals surface area (Å²) in [5.74, 6) is -0.207. The molecule has 1 heterocycles. The zero-order chi connectivity index (χ0) is 14.7. The van der Waals surface area contributed by atoms with Gasteiger partial charge in [0.15, 0.2) is 0 Å². The molecule has 0 spiro atoms. The van der Waals surface area contributed by atoms with Gasteiger partial charge in [-0.05, 0) is 48.5 Å². The molecule has 1 amide bonds. The fraction of sp³-hybridized carbons (Fsp3) is 0. The normalized spacial score (nSPS) is 10.3. The van der Waals surface area contributed by atoms with Crippen molar-refractivity contribution in [2.75, 3.05) is 11.1 Å². The molecule has 0 unspecified atom stereocenters. The van der Waals surface area contributed by atoms with Gasteiger partial charge in [-0.25, -0.2) is 0 Å². The SMILES string of the molecule is Nc1ccccc1C(=O)Nc1ccc(-n2cccc2)cc1. The lowest BCUT2D eigenvalue weighted by atomic mass is 10.1. The van der Waals surface area contributed by atoms with Crippen molar-refractivity contribution in [2.24, 2.45) is 0 Å². The van der Waals surface area contributed by atoms with E-state index < -0.39 is 0 Å². The van der Waals surface area contributed by atoms with Crippen LogP contribution in [0.3, 0.4) is 0 Å². The first-order valence-corrected chi connectivity index (χ1v) is 6.63. The number of carbonyl (C=O) groups excluding carboxylic acids is 1. The molecule has 2 aromatic carbocycles. The number of nitrogens with zero attached hydrogens (tertiary/aromatic N) is 1. The molecule has 0 radical (unpaired) electrons. The maximum atomic E-state index is 12.2. The van der Waals surface area contributed by atoms with Crippen LogP contribution in [0.5, 0.6) is 0 Å². The van der Waals surface area contributed by atoms with E-state index in [2.05, 4.69) is 5.32 Å². The van der Waals surface area contributed by atoms with Crippen molar-refractivity contribution in [2.45, 2.75) is 0 Å². The Kier molecular flexibility index (Phi) is 3.43. The molecule has 1 aromatic heterocycles. The molecule has 3 N–H and O–H groups in total. The van der Waals surface area contributed by atoms with Gasteiger partial charge in [0.2, 0.25) is 0 Å². The smallest absolute Gasteiger partial charge is 0.257 e. The van der Waals surface area contributed by atoms with Crippen LogP contribution in [0.15, 0.2) is 73.1 Å². The zero-order valence-corrected chi connectivity index (χ0v) is 11.4. The number of nitrogen functional groups attached to an aromatic ring is 1. The summed E-state index contributed by atoms with van der Waals surface area (Å²) in [5, 5.41) is 2.84. The molecule has 21 heavy (non-hydrogen) atoms. The zero-order valence-electron chi connectivity index (χ0n) is 11.4. The van der Waals surface area contributed by atoms with Gasteiger partial charge < -0.3 is 15.6 Å². The third kappa shape index (κ3) is 2.79. The van der Waals surface area contributed by atoms with Crippen LogP contribution in [0.1, 0.15) is 10.4 Å². The number of anilines is 2. The highest BCUT2D eigenvalue weighted by molar-refractivity contribution is 6.07. The Bertz CT molecular complexity index is 746. The lowest BCUT2D eigenvalue weighted by Crippen LogP contribution is -2.13. The van der Waals surface area contributed by atoms with Crippen molar-refractivity contribution < 1.29 is 4.79 Å². The van der Waals surface area contributed by atoms with Gasteiger partial charge in [0.25, 0.3) is 5.91 Å². The molecule has 0 aliphatic carbocycles. The third-order valence-corrected chi connectivity index (χ3v) is 3.23. The number of hydrogen-bond donors (Lipinski definition) is 2. The number of carbonyl (C=O) groups is 1. The van der Waals surface area contributed by atoms with Crippen LogP contribution >= 0.6 is 0 Å². The molecule has 0 fully saturated rings. The highest BCUT2D eigenvalue weighted by Crippen LogP contribution is 2.16. The summed E-state index contributed by atoms with van der Waals surface area (Å²) in [7, 11) is 0. The first-order chi connectivity index (χ1) is 10.2. The second-order valence-electron chi connectivity index (χ2n) is 4.68. The van der Waals surface area contributed by atoms with E-state index in [1.165, 1.54) is 0 Å². The van der Waals surface area contributed by atoms with E-state index >= 15 is 0 Å². The molecule has 3 aromatic rings. The number of amides is 1. The fourth-order valence-corrected chi connectivity index (χ4v) is 2.13. The summed E-state index contributed by atoms with van der Waals surface area (Å²) in [6, 6.07) is 18.6. The van der Waals surface area contributed by atoms with E-state index in [1.807, 2.05) is 53.4 Å². The molecule has 0 atom stereocenters. The third-order valence-electron chi connectivity index (χ3n) is 3.23. The summed E-state index contributed by atoms with van der Waals surface area (Å²) in [6.07, 6.45) is 3.94. The molecule has 3 rings (SSSR count). The van der Waals surface area contributed by atoms with Crippen molar-refractivity contribution in [3.8, 4) is 5.69 Å². The topological polar surface area (TPSA) is 60.1 Å². The number of hydrogen-bond acceptors (Lipinski definition) is 2. The van der Waals surface area contributed by atoms with E-state index in [0.29, 0.717) is 11.3 Å². The van der Waals surface area contributed by atoms with Gasteiger partial charge in [-0.2, -0.15) is 0 Å². The second-order valence-corrected chi connectivity index (χ2v) is 4.68. The molecule has 0 bridgehead atoms. The number of para-hydroxylation sites is 1. The number of benzene rings is 2. The monoisotopic (exact) mass is 277 g/mol. The average Bonchev–Trinajstić information content (AvgIpc) is 3.02. The quantitative estimate of drug-likeness (QED) is 0.721. The van der Waals surface area contributed by atoms with Crippen LogP contribution in [-0.2, 0) is 0 Å². The van der Waals surface area contributed by atoms with Crippen molar-refractivity contribution in [1.82, 2.24) is 4.57 Å². The number of nitrogens with one attached hydrogen (secondary N) is 1. The number of nitrogens with two attached hydrogens (primary N) is 1. The molecule has 0 saturated carbocycles. The van der Waals surface area contributed by atoms with Gasteiger partial charge in [0, 0.05) is 29.5 Å². The van der Waals surface area contributed by atoms with Crippen LogP contribution < -0.4 is 11.1 Å². The molecule has 0 aliphatic heterocycles. The van der Waals surface area contributed by atoms with E-state index in [0.717, 1.165) is 11.4 Å². The van der Waals surface area contributed by atoms with Gasteiger partial charge in [0.1, 0.15) is 0 Å². The van der Waals surface area contributed by atoms with Gasteiger partial charge >= 0.3 is 0 Å². The Hall–Kier alpha value is -3.01. The Balaban J connectivity index is 1.77. The van der Waals surface area contributed by atoms with Gasteiger partial charge in [-0.1, -0.05) is 12.1 Å². The number of aromatic nitrogens is 1. The molecular formula is C17H15N3O.